The number of nitrogens with one attached hydrogen (secondary N) is 1. The van der Waals surface area contributed by atoms with Crippen LogP contribution in [-0.4, -0.2) is 27.7 Å². The Hall–Kier alpha value is -4.21. The number of hydrogen-bond donors (Lipinski definition) is 2. The van der Waals surface area contributed by atoms with Gasteiger partial charge >= 0.3 is 11.8 Å². The van der Waals surface area contributed by atoms with Crippen molar-refractivity contribution in [3.05, 3.63) is 94.2 Å². The fraction of sp³-hybridized carbons (Fsp3) is 0.0400. The third-order valence-corrected chi connectivity index (χ3v) is 5.39. The van der Waals surface area contributed by atoms with E-state index in [2.05, 4.69) is 5.32 Å². The Morgan fingerprint density at radius 2 is 1.78 bits per heavy atom. The zero-order valence-electron chi connectivity index (χ0n) is 17.0. The van der Waals surface area contributed by atoms with Crippen LogP contribution >= 0.6 is 11.6 Å². The number of amides is 2. The first kappa shape index (κ1) is 21.0. The molecule has 0 fully saturated rings. The van der Waals surface area contributed by atoms with Crippen molar-refractivity contribution < 1.29 is 19.3 Å². The summed E-state index contributed by atoms with van der Waals surface area (Å²) in [6.07, 6.45) is 2.78. The van der Waals surface area contributed by atoms with E-state index >= 15 is 0 Å². The minimum atomic E-state index is -0.689. The summed E-state index contributed by atoms with van der Waals surface area (Å²) >= 11 is 5.97. The molecule has 0 atom stereocenters. The molecule has 156 valence electrons. The van der Waals surface area contributed by atoms with E-state index in [-0.39, 0.29) is 28.2 Å². The molecule has 7 heteroatoms. The smallest absolute Gasteiger partial charge is 0.438 e. The monoisotopic (exact) mass is 442 g/mol. The largest absolute Gasteiger partial charge is 0.506 e. The summed E-state index contributed by atoms with van der Waals surface area (Å²) in [5.41, 5.74) is 1.16. The second-order valence-electron chi connectivity index (χ2n) is 7.19. The zero-order chi connectivity index (χ0) is 22.8. The quantitative estimate of drug-likeness (QED) is 0.269. The third kappa shape index (κ3) is 3.89. The van der Waals surface area contributed by atoms with E-state index in [4.69, 9.17) is 11.6 Å². The molecule has 0 bridgehead atoms. The number of carbonyl (C=O) groups excluding carboxylic acids is 2. The Balaban J connectivity index is 1.78. The molecular weight excluding hydrogens is 426 g/mol. The summed E-state index contributed by atoms with van der Waals surface area (Å²) in [5.74, 6) is -1.34. The van der Waals surface area contributed by atoms with Gasteiger partial charge in [-0.1, -0.05) is 46.5 Å². The van der Waals surface area contributed by atoms with Crippen molar-refractivity contribution >= 4 is 46.1 Å². The maximum absolute atomic E-state index is 13.2. The number of carbonyl (C=O) groups is 2. The number of imide groups is 1. The van der Waals surface area contributed by atoms with Crippen LogP contribution < -0.4 is 5.32 Å². The number of aromatic hydroxyl groups is 1. The molecule has 6 nitrogen and oxygen atoms in total. The van der Waals surface area contributed by atoms with Crippen LogP contribution in [-0.2, 0) is 9.59 Å². The second-order valence-corrected chi connectivity index (χ2v) is 7.63. The van der Waals surface area contributed by atoms with Gasteiger partial charge in [0, 0.05) is 16.8 Å². The number of rotatable bonds is 3. The topological polar surface area (TPSA) is 93.2 Å². The van der Waals surface area contributed by atoms with E-state index in [1.807, 2.05) is 42.5 Å². The van der Waals surface area contributed by atoms with E-state index in [9.17, 15) is 20.0 Å². The first-order valence-corrected chi connectivity index (χ1v) is 10.0. The van der Waals surface area contributed by atoms with E-state index < -0.39 is 11.8 Å². The highest BCUT2D eigenvalue weighted by Gasteiger charge is 2.41. The van der Waals surface area contributed by atoms with Crippen molar-refractivity contribution in [2.75, 3.05) is 5.32 Å². The molecule has 0 unspecified atom stereocenters. The van der Waals surface area contributed by atoms with Crippen molar-refractivity contribution in [3.8, 4) is 11.8 Å². The highest BCUT2D eigenvalue weighted by Crippen LogP contribution is 2.28. The summed E-state index contributed by atoms with van der Waals surface area (Å²) < 4.78 is 0.932. The lowest BCUT2D eigenvalue weighted by molar-refractivity contribution is -0.372. The van der Waals surface area contributed by atoms with E-state index in [0.29, 0.717) is 10.6 Å². The maximum Gasteiger partial charge on any atom is 0.438 e. The number of halogens is 1. The summed E-state index contributed by atoms with van der Waals surface area (Å²) in [6, 6.07) is 19.6. The number of phenolic OH excluding ortho intramolecular Hbond substituents is 1. The molecule has 0 radical (unpaired) electrons. The first-order chi connectivity index (χ1) is 15.4. The number of anilines is 1. The standard InChI is InChI=1S/C25H16ClN3O3/c1-15-20(12-27)24(31)29(14-16-6-7-17-4-2-3-5-18(17)10-16)25(32)21(15)13-28-22-11-19(26)8-9-23(22)30/h2-11,13-14H,1H3,(H-,28,30,31,32)/p+1. The summed E-state index contributed by atoms with van der Waals surface area (Å²) in [6.45, 7) is 1.53. The lowest BCUT2D eigenvalue weighted by Crippen LogP contribution is -2.36. The van der Waals surface area contributed by atoms with Crippen molar-refractivity contribution in [1.29, 1.82) is 5.26 Å². The average Bonchev–Trinajstić information content (AvgIpc) is 2.79. The molecule has 3 aromatic carbocycles. The van der Waals surface area contributed by atoms with Gasteiger partial charge in [0.05, 0.1) is 5.69 Å². The van der Waals surface area contributed by atoms with Gasteiger partial charge in [0.25, 0.3) is 0 Å². The van der Waals surface area contributed by atoms with Crippen molar-refractivity contribution in [2.45, 2.75) is 6.92 Å². The van der Waals surface area contributed by atoms with Gasteiger partial charge in [-0.3, -0.25) is 0 Å². The fourth-order valence-corrected chi connectivity index (χ4v) is 3.60. The Kier molecular flexibility index (Phi) is 5.59. The maximum atomic E-state index is 13.2. The van der Waals surface area contributed by atoms with Gasteiger partial charge in [-0.05, 0) is 53.6 Å². The molecule has 32 heavy (non-hydrogen) atoms. The lowest BCUT2D eigenvalue weighted by Gasteiger charge is -2.13. The SMILES string of the molecule is CC1=C(C#N)C(=O)[N+](=Cc2ccc3ccccc3c2)C(=O)C1=CNc1cc(Cl)ccc1O. The van der Waals surface area contributed by atoms with Crippen LogP contribution in [0.2, 0.25) is 5.02 Å². The molecule has 1 aliphatic rings. The van der Waals surface area contributed by atoms with Crippen LogP contribution in [0, 0.1) is 11.3 Å². The highest BCUT2D eigenvalue weighted by molar-refractivity contribution is 6.31. The van der Waals surface area contributed by atoms with Gasteiger partial charge in [-0.25, -0.2) is 9.59 Å². The normalized spacial score (nSPS) is 16.7. The molecule has 0 saturated heterocycles. The Labute approximate surface area is 189 Å². The average molecular weight is 443 g/mol. The van der Waals surface area contributed by atoms with Crippen LogP contribution in [0.25, 0.3) is 10.8 Å². The summed E-state index contributed by atoms with van der Waals surface area (Å²) in [4.78, 5) is 26.0. The summed E-state index contributed by atoms with van der Waals surface area (Å²) in [5, 5.41) is 24.8. The number of benzene rings is 3. The van der Waals surface area contributed by atoms with Crippen molar-refractivity contribution in [3.63, 3.8) is 0 Å². The number of nitriles is 1. The number of fused-ring (bicyclic) bond motifs is 1. The predicted molar refractivity (Wildman–Crippen MR) is 123 cm³/mol. The van der Waals surface area contributed by atoms with Gasteiger partial charge in [-0.15, -0.1) is 0 Å². The van der Waals surface area contributed by atoms with Gasteiger partial charge < -0.3 is 10.4 Å². The highest BCUT2D eigenvalue weighted by atomic mass is 35.5. The molecule has 0 saturated carbocycles. The molecule has 4 rings (SSSR count). The number of phenols is 1. The van der Waals surface area contributed by atoms with Gasteiger partial charge in [0.15, 0.2) is 11.8 Å². The zero-order valence-corrected chi connectivity index (χ0v) is 17.7. The fourth-order valence-electron chi connectivity index (χ4n) is 3.43. The van der Waals surface area contributed by atoms with Crippen LogP contribution in [0.5, 0.6) is 5.75 Å². The molecule has 2 amide bonds. The number of hydrogen-bond acceptors (Lipinski definition) is 5. The van der Waals surface area contributed by atoms with Gasteiger partial charge in [-0.2, -0.15) is 5.26 Å². The van der Waals surface area contributed by atoms with Crippen molar-refractivity contribution in [2.24, 2.45) is 0 Å². The minimum absolute atomic E-state index is 0.0627. The Morgan fingerprint density at radius 3 is 2.53 bits per heavy atom. The molecule has 0 aromatic heterocycles. The van der Waals surface area contributed by atoms with Crippen LogP contribution in [0.15, 0.2) is 83.6 Å². The van der Waals surface area contributed by atoms with Gasteiger partial charge in [0.1, 0.15) is 17.4 Å². The Bertz CT molecular complexity index is 1430. The second kappa shape index (κ2) is 8.50. The summed E-state index contributed by atoms with van der Waals surface area (Å²) in [7, 11) is 0. The first-order valence-electron chi connectivity index (χ1n) is 9.67. The van der Waals surface area contributed by atoms with E-state index in [1.54, 1.807) is 6.07 Å². The third-order valence-electron chi connectivity index (χ3n) is 5.15. The van der Waals surface area contributed by atoms with E-state index in [1.165, 1.54) is 37.5 Å². The molecule has 0 spiro atoms. The number of nitrogens with zero attached hydrogens (tertiary/aromatic N) is 2. The molecular formula is C25H17ClN3O3+. The van der Waals surface area contributed by atoms with Gasteiger partial charge in [0.2, 0.25) is 0 Å². The van der Waals surface area contributed by atoms with Crippen LogP contribution in [0.1, 0.15) is 12.5 Å². The minimum Gasteiger partial charge on any atom is -0.506 e. The molecule has 1 aliphatic heterocycles. The van der Waals surface area contributed by atoms with Crippen LogP contribution in [0.3, 0.4) is 0 Å². The molecule has 3 aromatic rings. The molecule has 1 heterocycles. The van der Waals surface area contributed by atoms with Crippen molar-refractivity contribution in [1.82, 2.24) is 0 Å². The Morgan fingerprint density at radius 1 is 1.03 bits per heavy atom. The molecule has 0 aliphatic carbocycles. The van der Waals surface area contributed by atoms with Crippen LogP contribution in [0.4, 0.5) is 5.69 Å². The molecule has 2 N–H and O–H groups in total. The predicted octanol–water partition coefficient (Wildman–Crippen LogP) is 4.53. The van der Waals surface area contributed by atoms with E-state index in [0.717, 1.165) is 15.3 Å². The lowest BCUT2D eigenvalue weighted by atomic mass is 9.97.